The van der Waals surface area contributed by atoms with Crippen molar-refractivity contribution in [3.05, 3.63) is 64.3 Å². The highest BCUT2D eigenvalue weighted by molar-refractivity contribution is 7.89. The molecule has 2 aromatic carbocycles. The number of sulfonamides is 1. The van der Waals surface area contributed by atoms with E-state index < -0.39 is 22.5 Å². The van der Waals surface area contributed by atoms with E-state index in [0.717, 1.165) is 34.1 Å². The zero-order chi connectivity index (χ0) is 25.9. The highest BCUT2D eigenvalue weighted by Gasteiger charge is 2.35. The molecule has 0 bridgehead atoms. The summed E-state index contributed by atoms with van der Waals surface area (Å²) in [6, 6.07) is 12.9. The number of fused-ring (bicyclic) bond motifs is 3. The Morgan fingerprint density at radius 3 is 2.64 bits per heavy atom. The van der Waals surface area contributed by atoms with Gasteiger partial charge in [0, 0.05) is 41.3 Å². The molecule has 4 rings (SSSR count). The van der Waals surface area contributed by atoms with E-state index in [9.17, 15) is 18.6 Å². The van der Waals surface area contributed by atoms with Crippen LogP contribution in [0, 0.1) is 0 Å². The number of nitrogens with one attached hydrogen (secondary N) is 2. The molecule has 0 saturated heterocycles. The number of nitrogens with zero attached hydrogens (tertiary/aromatic N) is 1. The third-order valence-electron chi connectivity index (χ3n) is 6.28. The maximum Gasteiger partial charge on any atom is 0.216 e. The molecule has 36 heavy (non-hydrogen) atoms. The molecule has 4 N–H and O–H groups in total. The molecule has 3 aromatic rings. The topological polar surface area (TPSA) is 124 Å². The van der Waals surface area contributed by atoms with Crippen LogP contribution in [0.2, 0.25) is 5.02 Å². The largest absolute Gasteiger partial charge is 0.491 e. The maximum atomic E-state index is 11.5. The average molecular weight is 538 g/mol. The van der Waals surface area contributed by atoms with Gasteiger partial charge in [-0.2, -0.15) is 0 Å². The first-order valence-electron chi connectivity index (χ1n) is 12.0. The molecule has 0 aliphatic carbocycles. The molecule has 0 spiro atoms. The molecule has 9 nitrogen and oxygen atoms in total. The summed E-state index contributed by atoms with van der Waals surface area (Å²) in [6.07, 6.45) is -1.32. The summed E-state index contributed by atoms with van der Waals surface area (Å²) in [5.41, 5.74) is 4.05. The number of H-pyrrole nitrogens is 1. The lowest BCUT2D eigenvalue weighted by Crippen LogP contribution is -2.44. The van der Waals surface area contributed by atoms with E-state index in [1.54, 1.807) is 12.1 Å². The summed E-state index contributed by atoms with van der Waals surface area (Å²) < 4.78 is 36.6. The summed E-state index contributed by atoms with van der Waals surface area (Å²) >= 11 is 6.26. The van der Waals surface area contributed by atoms with E-state index in [0.29, 0.717) is 23.9 Å². The van der Waals surface area contributed by atoms with Crippen LogP contribution in [0.15, 0.2) is 42.5 Å². The molecule has 0 amide bonds. The van der Waals surface area contributed by atoms with Crippen molar-refractivity contribution >= 4 is 32.5 Å². The number of ether oxygens (including phenoxy) is 2. The lowest BCUT2D eigenvalue weighted by molar-refractivity contribution is -0.202. The third kappa shape index (κ3) is 6.03. The molecule has 0 saturated carbocycles. The van der Waals surface area contributed by atoms with Gasteiger partial charge in [-0.3, -0.25) is 0 Å². The molecule has 11 heteroatoms. The fourth-order valence-electron chi connectivity index (χ4n) is 4.44. The van der Waals surface area contributed by atoms with Crippen LogP contribution >= 0.6 is 11.6 Å². The highest BCUT2D eigenvalue weighted by atomic mass is 35.5. The fourth-order valence-corrected chi connectivity index (χ4v) is 5.27. The van der Waals surface area contributed by atoms with Crippen LogP contribution in [-0.2, 0) is 21.2 Å². The second-order valence-electron chi connectivity index (χ2n) is 8.66. The summed E-state index contributed by atoms with van der Waals surface area (Å²) in [6.45, 7) is 4.16. The molecule has 2 heterocycles. The van der Waals surface area contributed by atoms with E-state index in [2.05, 4.69) is 9.71 Å². The second kappa shape index (κ2) is 11.5. The van der Waals surface area contributed by atoms with E-state index in [4.69, 9.17) is 21.1 Å². The van der Waals surface area contributed by atoms with Gasteiger partial charge in [0.15, 0.2) is 0 Å². The first kappa shape index (κ1) is 26.9. The van der Waals surface area contributed by atoms with Crippen molar-refractivity contribution in [2.45, 2.75) is 38.8 Å². The number of benzene rings is 2. The number of aliphatic hydroxyl groups excluding tert-OH is 2. The van der Waals surface area contributed by atoms with Crippen LogP contribution in [0.5, 0.6) is 5.75 Å². The molecule has 3 atom stereocenters. The standard InChI is InChI=1S/C25H32ClN3O6S/c1-3-34-25(31)29-12-11-20-21-13-17(26)7-10-22(21)28-23(20)24(29)16-5-8-19(9-6-16)35-15-18(30)14-27-36(32,33)4-2/h5-10,13,18,24-25,27-28,30-31H,3-4,11-12,14-15H2,1-2H3. The van der Waals surface area contributed by atoms with Crippen molar-refractivity contribution in [1.29, 1.82) is 0 Å². The van der Waals surface area contributed by atoms with Gasteiger partial charge < -0.3 is 24.7 Å². The predicted octanol–water partition coefficient (Wildman–Crippen LogP) is 2.76. The zero-order valence-electron chi connectivity index (χ0n) is 20.3. The fraction of sp³-hybridized carbons (Fsp3) is 0.440. The minimum atomic E-state index is -3.38. The molecule has 0 radical (unpaired) electrons. The second-order valence-corrected chi connectivity index (χ2v) is 11.2. The van der Waals surface area contributed by atoms with Gasteiger partial charge >= 0.3 is 0 Å². The van der Waals surface area contributed by atoms with Crippen molar-refractivity contribution in [2.24, 2.45) is 0 Å². The molecule has 3 unspecified atom stereocenters. The van der Waals surface area contributed by atoms with Crippen LogP contribution in [0.3, 0.4) is 0 Å². The highest BCUT2D eigenvalue weighted by Crippen LogP contribution is 2.40. The normalized spacial score (nSPS) is 18.2. The van der Waals surface area contributed by atoms with Crippen molar-refractivity contribution in [3.63, 3.8) is 0 Å². The molecule has 1 aliphatic heterocycles. The number of rotatable bonds is 11. The number of aromatic nitrogens is 1. The number of halogens is 1. The summed E-state index contributed by atoms with van der Waals surface area (Å²) in [7, 11) is -3.38. The van der Waals surface area contributed by atoms with E-state index >= 15 is 0 Å². The van der Waals surface area contributed by atoms with Gasteiger partial charge in [0.25, 0.3) is 0 Å². The first-order chi connectivity index (χ1) is 17.2. The van der Waals surface area contributed by atoms with Crippen molar-refractivity contribution in [3.8, 4) is 5.75 Å². The Hall–Kier alpha value is -2.18. The third-order valence-corrected chi connectivity index (χ3v) is 7.88. The van der Waals surface area contributed by atoms with Crippen molar-refractivity contribution in [1.82, 2.24) is 14.6 Å². The molecule has 196 valence electrons. The van der Waals surface area contributed by atoms with Gasteiger partial charge in [-0.05, 0) is 61.7 Å². The molecule has 0 fully saturated rings. The van der Waals surface area contributed by atoms with Crippen molar-refractivity contribution in [2.75, 3.05) is 32.1 Å². The number of aromatic amines is 1. The summed E-state index contributed by atoms with van der Waals surface area (Å²) in [4.78, 5) is 5.42. The molecular weight excluding hydrogens is 506 g/mol. The average Bonchev–Trinajstić information content (AvgIpc) is 3.24. The lowest BCUT2D eigenvalue weighted by Gasteiger charge is -2.38. The molecular formula is C25H32ClN3O6S. The van der Waals surface area contributed by atoms with Crippen LogP contribution in [-0.4, -0.2) is 73.1 Å². The number of hydrogen-bond acceptors (Lipinski definition) is 7. The van der Waals surface area contributed by atoms with Gasteiger partial charge in [-0.25, -0.2) is 18.0 Å². The first-order valence-corrected chi connectivity index (χ1v) is 14.0. The SMILES string of the molecule is CCOC(O)N1CCc2c([nH]c3ccc(Cl)cc23)C1c1ccc(OCC(O)CNS(=O)(=O)CC)cc1. The summed E-state index contributed by atoms with van der Waals surface area (Å²) in [5.74, 6) is 0.482. The van der Waals surface area contributed by atoms with Gasteiger partial charge in [0.05, 0.1) is 11.8 Å². The van der Waals surface area contributed by atoms with Crippen LogP contribution in [0.1, 0.15) is 36.7 Å². The Labute approximate surface area is 216 Å². The molecule has 1 aromatic heterocycles. The zero-order valence-corrected chi connectivity index (χ0v) is 21.8. The predicted molar refractivity (Wildman–Crippen MR) is 139 cm³/mol. The Balaban J connectivity index is 1.55. The van der Waals surface area contributed by atoms with Gasteiger partial charge in [-0.15, -0.1) is 0 Å². The van der Waals surface area contributed by atoms with Crippen LogP contribution in [0.4, 0.5) is 0 Å². The number of hydrogen-bond donors (Lipinski definition) is 4. The van der Waals surface area contributed by atoms with Crippen molar-refractivity contribution < 1.29 is 28.1 Å². The summed E-state index contributed by atoms with van der Waals surface area (Å²) in [5, 5.41) is 22.5. The van der Waals surface area contributed by atoms with E-state index in [-0.39, 0.29) is 24.9 Å². The van der Waals surface area contributed by atoms with Gasteiger partial charge in [0.2, 0.25) is 16.4 Å². The monoisotopic (exact) mass is 537 g/mol. The molecule has 1 aliphatic rings. The van der Waals surface area contributed by atoms with E-state index in [1.807, 2.05) is 42.2 Å². The van der Waals surface area contributed by atoms with Crippen LogP contribution < -0.4 is 9.46 Å². The Morgan fingerprint density at radius 2 is 1.94 bits per heavy atom. The minimum Gasteiger partial charge on any atom is -0.491 e. The lowest BCUT2D eigenvalue weighted by atomic mass is 9.92. The quantitative estimate of drug-likeness (QED) is 0.277. The maximum absolute atomic E-state index is 11.5. The smallest absolute Gasteiger partial charge is 0.216 e. The van der Waals surface area contributed by atoms with Crippen LogP contribution in [0.25, 0.3) is 10.9 Å². The minimum absolute atomic E-state index is 0.0522. The Kier molecular flexibility index (Phi) is 8.56. The van der Waals surface area contributed by atoms with Gasteiger partial charge in [-0.1, -0.05) is 23.7 Å². The van der Waals surface area contributed by atoms with E-state index in [1.165, 1.54) is 6.92 Å². The Bertz CT molecular complexity index is 1280. The van der Waals surface area contributed by atoms with Gasteiger partial charge in [0.1, 0.15) is 18.5 Å². The Morgan fingerprint density at radius 1 is 1.19 bits per heavy atom. The number of aliphatic hydroxyl groups is 2.